The number of fused-ring (bicyclic) bond motifs is 2. The minimum absolute atomic E-state index is 0.0243. The molecule has 3 rings (SSSR count). The predicted molar refractivity (Wildman–Crippen MR) is 92.9 cm³/mol. The van der Waals surface area contributed by atoms with Crippen molar-refractivity contribution < 1.29 is 18.7 Å². The fourth-order valence-corrected chi connectivity index (χ4v) is 4.97. The molecule has 25 heavy (non-hydrogen) atoms. The molecule has 0 unspecified atom stereocenters. The van der Waals surface area contributed by atoms with Gasteiger partial charge in [0, 0.05) is 12.6 Å². The highest BCUT2D eigenvalue weighted by Crippen LogP contribution is 2.52. The van der Waals surface area contributed by atoms with Gasteiger partial charge in [-0.25, -0.2) is 9.18 Å². The van der Waals surface area contributed by atoms with E-state index in [0.717, 1.165) is 25.3 Å². The maximum atomic E-state index is 13.8. The highest BCUT2D eigenvalue weighted by molar-refractivity contribution is 6.33. The van der Waals surface area contributed by atoms with Gasteiger partial charge in [-0.15, -0.1) is 0 Å². The van der Waals surface area contributed by atoms with Crippen molar-refractivity contribution >= 4 is 23.5 Å². The summed E-state index contributed by atoms with van der Waals surface area (Å²) < 4.78 is 18.8. The molecule has 136 valence electrons. The predicted octanol–water partition coefficient (Wildman–Crippen LogP) is 4.06. The van der Waals surface area contributed by atoms with Crippen LogP contribution in [0.5, 0.6) is 0 Å². The molecule has 1 aliphatic carbocycles. The standard InChI is InChI=1S/C19H23ClFNO3/c1-18(2)7-12-8-19(3,10-18)11-22(12)15(23)9-25-17(24)16-13(20)5-4-6-14(16)21/h4-6,12H,7-11H2,1-3H3/t12-,19-/m0/s1. The summed E-state index contributed by atoms with van der Waals surface area (Å²) >= 11 is 5.85. The zero-order valence-electron chi connectivity index (χ0n) is 14.8. The monoisotopic (exact) mass is 367 g/mol. The zero-order chi connectivity index (χ0) is 18.4. The number of likely N-dealkylation sites (tertiary alicyclic amines) is 1. The van der Waals surface area contributed by atoms with Crippen molar-refractivity contribution in [1.29, 1.82) is 0 Å². The molecule has 2 atom stereocenters. The van der Waals surface area contributed by atoms with E-state index in [9.17, 15) is 14.0 Å². The van der Waals surface area contributed by atoms with Gasteiger partial charge in [-0.2, -0.15) is 0 Å². The van der Waals surface area contributed by atoms with E-state index in [1.165, 1.54) is 12.1 Å². The molecule has 0 spiro atoms. The van der Waals surface area contributed by atoms with Crippen LogP contribution in [0.2, 0.25) is 5.02 Å². The van der Waals surface area contributed by atoms with Crippen molar-refractivity contribution in [3.8, 4) is 0 Å². The molecule has 1 aromatic carbocycles. The van der Waals surface area contributed by atoms with Crippen molar-refractivity contribution in [3.05, 3.63) is 34.6 Å². The van der Waals surface area contributed by atoms with Crippen LogP contribution >= 0.6 is 11.6 Å². The molecule has 0 N–H and O–H groups in total. The molecule has 1 saturated carbocycles. The first-order valence-electron chi connectivity index (χ1n) is 8.51. The molecule has 0 radical (unpaired) electrons. The molecule has 1 amide bonds. The Morgan fingerprint density at radius 2 is 2.04 bits per heavy atom. The summed E-state index contributed by atoms with van der Waals surface area (Å²) in [6.45, 7) is 6.95. The van der Waals surface area contributed by atoms with Gasteiger partial charge in [0.25, 0.3) is 5.91 Å². The lowest BCUT2D eigenvalue weighted by atomic mass is 9.65. The van der Waals surface area contributed by atoms with Gasteiger partial charge in [-0.3, -0.25) is 4.79 Å². The second-order valence-electron chi connectivity index (χ2n) is 8.41. The average molecular weight is 368 g/mol. The quantitative estimate of drug-likeness (QED) is 0.757. The number of nitrogens with zero attached hydrogens (tertiary/aromatic N) is 1. The SMILES string of the molecule is CC1(C)C[C@H]2C[C@](C)(CN2C(=O)COC(=O)c2c(F)cccc2Cl)C1. The number of benzene rings is 1. The summed E-state index contributed by atoms with van der Waals surface area (Å²) in [6.07, 6.45) is 3.00. The molecule has 1 saturated heterocycles. The van der Waals surface area contributed by atoms with Gasteiger partial charge in [0.2, 0.25) is 0 Å². The summed E-state index contributed by atoms with van der Waals surface area (Å²) in [5.74, 6) is -1.89. The van der Waals surface area contributed by atoms with E-state index in [1.54, 1.807) is 0 Å². The number of carbonyl (C=O) groups is 2. The molecule has 6 heteroatoms. The van der Waals surface area contributed by atoms with Crippen molar-refractivity contribution in [1.82, 2.24) is 4.90 Å². The van der Waals surface area contributed by atoms with Crippen LogP contribution in [-0.2, 0) is 9.53 Å². The number of carbonyl (C=O) groups excluding carboxylic acids is 2. The number of rotatable bonds is 3. The first-order valence-corrected chi connectivity index (χ1v) is 8.89. The summed E-state index contributed by atoms with van der Waals surface area (Å²) in [4.78, 5) is 26.5. The lowest BCUT2D eigenvalue weighted by Crippen LogP contribution is -2.39. The third kappa shape index (κ3) is 3.66. The third-order valence-corrected chi connectivity index (χ3v) is 5.54. The largest absolute Gasteiger partial charge is 0.452 e. The second-order valence-corrected chi connectivity index (χ2v) is 8.82. The van der Waals surface area contributed by atoms with E-state index < -0.39 is 18.4 Å². The third-order valence-electron chi connectivity index (χ3n) is 5.23. The van der Waals surface area contributed by atoms with Crippen LogP contribution in [0.15, 0.2) is 18.2 Å². The highest BCUT2D eigenvalue weighted by Gasteiger charge is 2.50. The highest BCUT2D eigenvalue weighted by atomic mass is 35.5. The zero-order valence-corrected chi connectivity index (χ0v) is 15.5. The van der Waals surface area contributed by atoms with Crippen molar-refractivity contribution in [2.45, 2.75) is 46.1 Å². The first-order chi connectivity index (χ1) is 11.6. The smallest absolute Gasteiger partial charge is 0.343 e. The molecular formula is C19H23ClFNO3. The number of esters is 1. The van der Waals surface area contributed by atoms with E-state index in [-0.39, 0.29) is 33.4 Å². The van der Waals surface area contributed by atoms with E-state index in [0.29, 0.717) is 6.54 Å². The Balaban J connectivity index is 1.65. The van der Waals surface area contributed by atoms with Crippen LogP contribution in [0, 0.1) is 16.6 Å². The van der Waals surface area contributed by atoms with Crippen LogP contribution in [0.25, 0.3) is 0 Å². The molecule has 1 aromatic rings. The van der Waals surface area contributed by atoms with Gasteiger partial charge < -0.3 is 9.64 Å². The fourth-order valence-electron chi connectivity index (χ4n) is 4.73. The number of ether oxygens (including phenoxy) is 1. The lowest BCUT2D eigenvalue weighted by Gasteiger charge is -2.39. The molecule has 2 fully saturated rings. The maximum Gasteiger partial charge on any atom is 0.343 e. The minimum Gasteiger partial charge on any atom is -0.452 e. The summed E-state index contributed by atoms with van der Waals surface area (Å²) in [5, 5.41) is -0.0243. The summed E-state index contributed by atoms with van der Waals surface area (Å²) in [5.41, 5.74) is -0.0180. The number of amides is 1. The van der Waals surface area contributed by atoms with Gasteiger partial charge >= 0.3 is 5.97 Å². The average Bonchev–Trinajstić information content (AvgIpc) is 2.73. The van der Waals surface area contributed by atoms with Crippen LogP contribution in [0.3, 0.4) is 0 Å². The lowest BCUT2D eigenvalue weighted by molar-refractivity contribution is -0.135. The maximum absolute atomic E-state index is 13.8. The van der Waals surface area contributed by atoms with Gasteiger partial charge in [-0.1, -0.05) is 38.4 Å². The molecule has 0 aromatic heterocycles. The van der Waals surface area contributed by atoms with Crippen molar-refractivity contribution in [3.63, 3.8) is 0 Å². The first kappa shape index (κ1) is 18.2. The molecule has 4 nitrogen and oxygen atoms in total. The van der Waals surface area contributed by atoms with Crippen LogP contribution in [0.1, 0.15) is 50.4 Å². The molecule has 1 heterocycles. The Bertz CT molecular complexity index is 700. The Morgan fingerprint density at radius 1 is 1.32 bits per heavy atom. The second kappa shape index (κ2) is 6.27. The molecular weight excluding hydrogens is 345 g/mol. The normalized spacial score (nSPS) is 27.2. The Hall–Kier alpha value is -1.62. The van der Waals surface area contributed by atoms with Crippen LogP contribution in [0.4, 0.5) is 4.39 Å². The van der Waals surface area contributed by atoms with E-state index >= 15 is 0 Å². The van der Waals surface area contributed by atoms with Gasteiger partial charge in [0.05, 0.1) is 5.02 Å². The topological polar surface area (TPSA) is 46.6 Å². The molecule has 1 aliphatic heterocycles. The summed E-state index contributed by atoms with van der Waals surface area (Å²) in [6, 6.07) is 4.14. The molecule has 2 bridgehead atoms. The van der Waals surface area contributed by atoms with Gasteiger partial charge in [0.1, 0.15) is 11.4 Å². The van der Waals surface area contributed by atoms with Crippen molar-refractivity contribution in [2.24, 2.45) is 10.8 Å². The van der Waals surface area contributed by atoms with Crippen LogP contribution in [-0.4, -0.2) is 36.0 Å². The Kier molecular flexibility index (Phi) is 4.56. The van der Waals surface area contributed by atoms with Gasteiger partial charge in [-0.05, 0) is 42.2 Å². The van der Waals surface area contributed by atoms with Crippen LogP contribution < -0.4 is 0 Å². The van der Waals surface area contributed by atoms with Gasteiger partial charge in [0.15, 0.2) is 6.61 Å². The van der Waals surface area contributed by atoms with Crippen molar-refractivity contribution in [2.75, 3.05) is 13.2 Å². The fraction of sp³-hybridized carbons (Fsp3) is 0.579. The van der Waals surface area contributed by atoms with E-state index in [2.05, 4.69) is 20.8 Å². The number of hydrogen-bond donors (Lipinski definition) is 0. The number of halogens is 2. The van der Waals surface area contributed by atoms with E-state index in [4.69, 9.17) is 16.3 Å². The molecule has 2 aliphatic rings. The Morgan fingerprint density at radius 3 is 2.72 bits per heavy atom. The summed E-state index contributed by atoms with van der Waals surface area (Å²) in [7, 11) is 0. The number of hydrogen-bond acceptors (Lipinski definition) is 3. The Labute approximate surface area is 152 Å². The minimum atomic E-state index is -0.912. The van der Waals surface area contributed by atoms with E-state index in [1.807, 2.05) is 4.90 Å².